The van der Waals surface area contributed by atoms with E-state index in [1.165, 1.54) is 16.8 Å². The first-order chi connectivity index (χ1) is 15.6. The van der Waals surface area contributed by atoms with E-state index in [0.717, 1.165) is 12.2 Å². The van der Waals surface area contributed by atoms with Gasteiger partial charge >= 0.3 is 0 Å². The van der Waals surface area contributed by atoms with Crippen LogP contribution in [0.15, 0.2) is 71.5 Å². The number of nitrogens with one attached hydrogen (secondary N) is 1. The van der Waals surface area contributed by atoms with Crippen molar-refractivity contribution >= 4 is 11.7 Å². The molecule has 1 N–H and O–H groups in total. The van der Waals surface area contributed by atoms with Crippen molar-refractivity contribution in [3.63, 3.8) is 0 Å². The largest absolute Gasteiger partial charge is 0.492 e. The van der Waals surface area contributed by atoms with Crippen molar-refractivity contribution in [2.45, 2.75) is 25.4 Å². The lowest BCUT2D eigenvalue weighted by Crippen LogP contribution is -2.38. The standard InChI is InChI=1S/C24H25FN4O3/c25-21-9-5-4-6-18(21)16-23(30)26-19-12-13-28(17-19)22-10-11-24(31)29(27-22)14-15-32-20-7-2-1-3-8-20/h1-11,19H,12-17H2,(H,26,30). The number of hydrogen-bond acceptors (Lipinski definition) is 5. The van der Waals surface area contributed by atoms with Gasteiger partial charge in [-0.3, -0.25) is 9.59 Å². The van der Waals surface area contributed by atoms with E-state index in [1.807, 2.05) is 35.2 Å². The number of rotatable bonds is 8. The maximum Gasteiger partial charge on any atom is 0.266 e. The fourth-order valence-electron chi connectivity index (χ4n) is 3.71. The van der Waals surface area contributed by atoms with Crippen LogP contribution in [-0.4, -0.2) is 41.4 Å². The van der Waals surface area contributed by atoms with Gasteiger partial charge in [0.15, 0.2) is 0 Å². The first kappa shape index (κ1) is 21.5. The van der Waals surface area contributed by atoms with Crippen LogP contribution in [0.3, 0.4) is 0 Å². The molecule has 2 heterocycles. The predicted molar refractivity (Wildman–Crippen MR) is 119 cm³/mol. The highest BCUT2D eigenvalue weighted by atomic mass is 19.1. The van der Waals surface area contributed by atoms with Crippen molar-refractivity contribution in [2.24, 2.45) is 0 Å². The smallest absolute Gasteiger partial charge is 0.266 e. The number of carbonyl (C=O) groups is 1. The van der Waals surface area contributed by atoms with Gasteiger partial charge < -0.3 is 15.0 Å². The van der Waals surface area contributed by atoms with Gasteiger partial charge in [-0.15, -0.1) is 0 Å². The molecule has 1 aliphatic heterocycles. The summed E-state index contributed by atoms with van der Waals surface area (Å²) < 4.78 is 20.8. The van der Waals surface area contributed by atoms with Gasteiger partial charge in [-0.25, -0.2) is 9.07 Å². The Labute approximate surface area is 185 Å². The van der Waals surface area contributed by atoms with Crippen molar-refractivity contribution in [3.8, 4) is 5.75 Å². The molecule has 0 radical (unpaired) electrons. The topological polar surface area (TPSA) is 76.5 Å². The number of ether oxygens (including phenoxy) is 1. The zero-order valence-corrected chi connectivity index (χ0v) is 17.6. The molecule has 3 aromatic rings. The molecule has 32 heavy (non-hydrogen) atoms. The number of hydrogen-bond donors (Lipinski definition) is 1. The van der Waals surface area contributed by atoms with E-state index in [1.54, 1.807) is 24.3 Å². The molecule has 0 aliphatic carbocycles. The van der Waals surface area contributed by atoms with Crippen LogP contribution in [0.25, 0.3) is 0 Å². The summed E-state index contributed by atoms with van der Waals surface area (Å²) in [6, 6.07) is 18.8. The van der Waals surface area contributed by atoms with E-state index in [9.17, 15) is 14.0 Å². The van der Waals surface area contributed by atoms with Gasteiger partial charge in [0.05, 0.1) is 13.0 Å². The highest BCUT2D eigenvalue weighted by Crippen LogP contribution is 2.17. The number of carbonyl (C=O) groups excluding carboxylic acids is 1. The van der Waals surface area contributed by atoms with E-state index in [-0.39, 0.29) is 29.7 Å². The molecule has 0 bridgehead atoms. The third-order valence-corrected chi connectivity index (χ3v) is 5.35. The Hall–Kier alpha value is -3.68. The average Bonchev–Trinajstić information content (AvgIpc) is 3.25. The Balaban J connectivity index is 1.31. The second-order valence-electron chi connectivity index (χ2n) is 7.68. The predicted octanol–water partition coefficient (Wildman–Crippen LogP) is 2.40. The van der Waals surface area contributed by atoms with Gasteiger partial charge in [-0.1, -0.05) is 36.4 Å². The van der Waals surface area contributed by atoms with Crippen molar-refractivity contribution < 1.29 is 13.9 Å². The minimum atomic E-state index is -0.376. The number of benzene rings is 2. The number of amides is 1. The fraction of sp³-hybridized carbons (Fsp3) is 0.292. The summed E-state index contributed by atoms with van der Waals surface area (Å²) in [6.45, 7) is 1.94. The van der Waals surface area contributed by atoms with Crippen LogP contribution in [0.1, 0.15) is 12.0 Å². The molecular weight excluding hydrogens is 411 g/mol. The Morgan fingerprint density at radius 1 is 1.09 bits per heavy atom. The molecule has 166 valence electrons. The summed E-state index contributed by atoms with van der Waals surface area (Å²) in [4.78, 5) is 26.5. The van der Waals surface area contributed by atoms with Crippen molar-refractivity contribution in [2.75, 3.05) is 24.6 Å². The van der Waals surface area contributed by atoms with Gasteiger partial charge in [0, 0.05) is 25.2 Å². The SMILES string of the molecule is O=C(Cc1ccccc1F)NC1CCN(c2ccc(=O)n(CCOc3ccccc3)n2)C1. The molecular formula is C24H25FN4O3. The van der Waals surface area contributed by atoms with Crippen LogP contribution in [0.5, 0.6) is 5.75 Å². The summed E-state index contributed by atoms with van der Waals surface area (Å²) in [5.41, 5.74) is 0.186. The van der Waals surface area contributed by atoms with Gasteiger partial charge in [0.1, 0.15) is 24.0 Å². The monoisotopic (exact) mass is 436 g/mol. The molecule has 1 atom stereocenters. The second kappa shape index (κ2) is 10.1. The van der Waals surface area contributed by atoms with Crippen LogP contribution >= 0.6 is 0 Å². The molecule has 1 amide bonds. The van der Waals surface area contributed by atoms with Crippen LogP contribution in [0.2, 0.25) is 0 Å². The summed E-state index contributed by atoms with van der Waals surface area (Å²) in [6.07, 6.45) is 0.759. The lowest BCUT2D eigenvalue weighted by Gasteiger charge is -2.19. The van der Waals surface area contributed by atoms with E-state index in [0.29, 0.717) is 37.6 Å². The Bertz CT molecular complexity index is 1120. The molecule has 1 unspecified atom stereocenters. The van der Waals surface area contributed by atoms with Crippen molar-refractivity contribution in [3.05, 3.63) is 88.5 Å². The number of nitrogens with zero attached hydrogens (tertiary/aromatic N) is 3. The first-order valence-corrected chi connectivity index (χ1v) is 10.6. The molecule has 1 aliphatic rings. The van der Waals surface area contributed by atoms with E-state index < -0.39 is 0 Å². The van der Waals surface area contributed by atoms with Gasteiger partial charge in [0.25, 0.3) is 5.56 Å². The maximum absolute atomic E-state index is 13.8. The Morgan fingerprint density at radius 2 is 1.88 bits per heavy atom. The second-order valence-corrected chi connectivity index (χ2v) is 7.68. The quantitative estimate of drug-likeness (QED) is 0.587. The third-order valence-electron chi connectivity index (χ3n) is 5.35. The van der Waals surface area contributed by atoms with Crippen LogP contribution in [0, 0.1) is 5.82 Å². The van der Waals surface area contributed by atoms with Crippen molar-refractivity contribution in [1.82, 2.24) is 15.1 Å². The lowest BCUT2D eigenvalue weighted by molar-refractivity contribution is -0.121. The normalized spacial score (nSPS) is 15.5. The number of halogens is 1. The molecule has 0 spiro atoms. The molecule has 1 aromatic heterocycles. The summed E-state index contributed by atoms with van der Waals surface area (Å²) in [5.74, 6) is 0.830. The summed E-state index contributed by atoms with van der Waals surface area (Å²) in [7, 11) is 0. The van der Waals surface area contributed by atoms with E-state index in [4.69, 9.17) is 4.74 Å². The van der Waals surface area contributed by atoms with Crippen LogP contribution < -0.4 is 20.5 Å². The van der Waals surface area contributed by atoms with Gasteiger partial charge in [0.2, 0.25) is 5.91 Å². The minimum absolute atomic E-state index is 0.00766. The highest BCUT2D eigenvalue weighted by molar-refractivity contribution is 5.79. The molecule has 1 fully saturated rings. The molecule has 4 rings (SSSR count). The van der Waals surface area contributed by atoms with E-state index >= 15 is 0 Å². The fourth-order valence-corrected chi connectivity index (χ4v) is 3.71. The minimum Gasteiger partial charge on any atom is -0.492 e. The molecule has 0 saturated carbocycles. The zero-order chi connectivity index (χ0) is 22.3. The number of aromatic nitrogens is 2. The van der Waals surface area contributed by atoms with Crippen LogP contribution in [-0.2, 0) is 17.8 Å². The summed E-state index contributed by atoms with van der Waals surface area (Å²) >= 11 is 0. The molecule has 8 heteroatoms. The maximum atomic E-state index is 13.8. The molecule has 1 saturated heterocycles. The number of anilines is 1. The Kier molecular flexibility index (Phi) is 6.79. The molecule has 2 aromatic carbocycles. The summed E-state index contributed by atoms with van der Waals surface area (Å²) in [5, 5.41) is 7.44. The Morgan fingerprint density at radius 3 is 2.69 bits per heavy atom. The van der Waals surface area contributed by atoms with Crippen LogP contribution in [0.4, 0.5) is 10.2 Å². The zero-order valence-electron chi connectivity index (χ0n) is 17.6. The van der Waals surface area contributed by atoms with Crippen molar-refractivity contribution in [1.29, 1.82) is 0 Å². The lowest BCUT2D eigenvalue weighted by atomic mass is 10.1. The third kappa shape index (κ3) is 5.51. The van der Waals surface area contributed by atoms with Gasteiger partial charge in [-0.05, 0) is 36.2 Å². The van der Waals surface area contributed by atoms with Gasteiger partial charge in [-0.2, -0.15) is 5.10 Å². The highest BCUT2D eigenvalue weighted by Gasteiger charge is 2.25. The first-order valence-electron chi connectivity index (χ1n) is 10.6. The average molecular weight is 436 g/mol. The van der Waals surface area contributed by atoms with E-state index in [2.05, 4.69) is 10.4 Å². The number of para-hydroxylation sites is 1. The molecule has 7 nitrogen and oxygen atoms in total.